The van der Waals surface area contributed by atoms with Crippen molar-refractivity contribution in [3.05, 3.63) is 0 Å². The second kappa shape index (κ2) is 43.1. The zero-order valence-corrected chi connectivity index (χ0v) is 46.7. The van der Waals surface area contributed by atoms with Gasteiger partial charge in [0, 0.05) is 0 Å². The first kappa shape index (κ1) is 69.3. The fraction of sp³-hybridized carbons (Fsp3) is 1.00. The topological polar surface area (TPSA) is 124 Å². The van der Waals surface area contributed by atoms with Crippen LogP contribution in [-0.4, -0.2) is 101 Å². The summed E-state index contributed by atoms with van der Waals surface area (Å²) in [6.07, 6.45) is 33.2. The van der Waals surface area contributed by atoms with E-state index in [0.717, 1.165) is 0 Å². The molecule has 1 N–H and O–H groups in total. The fourth-order valence-corrected chi connectivity index (χ4v) is 9.33. The largest absolute Gasteiger partial charge is 0.808 e. The van der Waals surface area contributed by atoms with Crippen LogP contribution >= 0.6 is 38.4 Å². The molecule has 0 aliphatic carbocycles. The molecule has 0 saturated heterocycles. The average Bonchev–Trinajstić information content (AvgIpc) is 3.24. The standard InChI is InChI=1S/3C16H36N.CH4Cl2O6P2/c3*1-5-9-13-17(14-10-6-2,15-11-7-3)16-12-8-4;2-1(3,10(4,5)6)11(7,8)9/h3*5-16H2,1-4H3;(H2,4,5,6)(H2,7,8,9)/q3*+1;/p-3. The number of rotatable bonds is 38. The molecule has 13 heteroatoms. The maximum atomic E-state index is 10.0. The van der Waals surface area contributed by atoms with Gasteiger partial charge in [-0.1, -0.05) is 183 Å². The molecule has 9 nitrogen and oxygen atoms in total. The van der Waals surface area contributed by atoms with E-state index in [1.807, 2.05) is 0 Å². The molecule has 0 aromatic heterocycles. The average molecular weight is 969 g/mol. The molecule has 0 amide bonds. The Labute approximate surface area is 398 Å². The number of quaternary nitrogens is 3. The van der Waals surface area contributed by atoms with Crippen molar-refractivity contribution < 1.29 is 42.2 Å². The summed E-state index contributed by atoms with van der Waals surface area (Å²) < 4.78 is 20.6. The van der Waals surface area contributed by atoms with Gasteiger partial charge in [0.1, 0.15) is 0 Å². The maximum absolute atomic E-state index is 10.0. The summed E-state index contributed by atoms with van der Waals surface area (Å²) in [4.78, 5) is 38.0. The number of unbranched alkanes of at least 4 members (excludes halogenated alkanes) is 12. The monoisotopic (exact) mass is 968 g/mol. The minimum atomic E-state index is -5.78. The lowest BCUT2D eigenvalue weighted by Gasteiger charge is -2.44. The van der Waals surface area contributed by atoms with Crippen molar-refractivity contribution in [3.8, 4) is 0 Å². The Balaban J connectivity index is -0.000000366. The third-order valence-corrected chi connectivity index (χ3v) is 17.9. The first-order valence-electron chi connectivity index (χ1n) is 26.2. The Kier molecular flexibility index (Phi) is 48.2. The van der Waals surface area contributed by atoms with Crippen LogP contribution < -0.4 is 14.7 Å². The van der Waals surface area contributed by atoms with Crippen LogP contribution in [-0.2, 0) is 9.13 Å². The summed E-state index contributed by atoms with van der Waals surface area (Å²) in [5, 5.41) is 0. The normalized spacial score (nSPS) is 13.3. The van der Waals surface area contributed by atoms with Gasteiger partial charge >= 0.3 is 0 Å². The molecule has 1 atom stereocenters. The van der Waals surface area contributed by atoms with Gasteiger partial charge in [0.25, 0.3) is 0 Å². The van der Waals surface area contributed by atoms with Gasteiger partial charge in [-0.15, -0.1) is 0 Å². The first-order chi connectivity index (χ1) is 29.2. The van der Waals surface area contributed by atoms with Crippen molar-refractivity contribution >= 4 is 38.4 Å². The zero-order chi connectivity index (χ0) is 48.5. The summed E-state index contributed by atoms with van der Waals surface area (Å²) in [6.45, 7) is 45.1. The van der Waals surface area contributed by atoms with Crippen LogP contribution in [0.25, 0.3) is 0 Å². The van der Waals surface area contributed by atoms with Gasteiger partial charge in [-0.25, -0.2) is 0 Å². The lowest BCUT2D eigenvalue weighted by Crippen LogP contribution is -2.50. The summed E-state index contributed by atoms with van der Waals surface area (Å²) in [6, 6.07) is 0. The Morgan fingerprint density at radius 2 is 0.452 bits per heavy atom. The van der Waals surface area contributed by atoms with Crippen LogP contribution in [0.3, 0.4) is 0 Å². The van der Waals surface area contributed by atoms with Crippen LogP contribution in [0.5, 0.6) is 0 Å². The van der Waals surface area contributed by atoms with Crippen molar-refractivity contribution in [2.45, 2.75) is 241 Å². The van der Waals surface area contributed by atoms with Crippen molar-refractivity contribution in [2.24, 2.45) is 0 Å². The molecule has 0 aliphatic rings. The Hall–Kier alpha value is 0.760. The lowest BCUT2D eigenvalue weighted by atomic mass is 10.1. The van der Waals surface area contributed by atoms with Crippen molar-refractivity contribution in [1.29, 1.82) is 0 Å². The molecule has 0 heterocycles. The van der Waals surface area contributed by atoms with Gasteiger partial charge in [-0.05, 0) is 84.6 Å². The van der Waals surface area contributed by atoms with Crippen LogP contribution in [0.15, 0.2) is 0 Å². The first-order valence-corrected chi connectivity index (χ1v) is 30.1. The zero-order valence-electron chi connectivity index (χ0n) is 43.4. The number of hydrogen-bond donors (Lipinski definition) is 1. The number of alkyl halides is 2. The third-order valence-electron chi connectivity index (χ3n) is 12.5. The van der Waals surface area contributed by atoms with Crippen LogP contribution in [0.1, 0.15) is 237 Å². The molecule has 0 radical (unpaired) electrons. The molecule has 0 fully saturated rings. The highest BCUT2D eigenvalue weighted by molar-refractivity contribution is 7.76. The van der Waals surface area contributed by atoms with Gasteiger partial charge < -0.3 is 42.2 Å². The molecule has 62 heavy (non-hydrogen) atoms. The Morgan fingerprint density at radius 3 is 0.500 bits per heavy atom. The summed E-state index contributed by atoms with van der Waals surface area (Å²) in [7, 11) is -11.4. The molecule has 0 saturated carbocycles. The smallest absolute Gasteiger partial charge is 0.206 e. The summed E-state index contributed by atoms with van der Waals surface area (Å²) in [5.41, 5.74) is 0. The van der Waals surface area contributed by atoms with Gasteiger partial charge in [0.2, 0.25) is 3.82 Å². The second-order valence-electron chi connectivity index (χ2n) is 18.5. The van der Waals surface area contributed by atoms with E-state index in [1.54, 1.807) is 0 Å². The number of halogens is 2. The number of hydrogen-bond acceptors (Lipinski definition) is 5. The molecular weight excluding hydrogens is 859 g/mol. The molecular formula is C49H109Cl2N3O6P2. The SMILES string of the molecule is CCCC[N+](CCCC)(CCCC)CCCC.CCCC[N+](CCCC)(CCCC)CCCC.CCCC[N+](CCCC)(CCCC)CCCC.O=P([O-])([O-])C(Cl)(Cl)P(=O)([O-])O. The summed E-state index contributed by atoms with van der Waals surface area (Å²) in [5.74, 6) is 0. The van der Waals surface area contributed by atoms with Gasteiger partial charge in [-0.3, -0.25) is 0 Å². The van der Waals surface area contributed by atoms with E-state index in [4.69, 9.17) is 4.89 Å². The molecule has 380 valence electrons. The highest BCUT2D eigenvalue weighted by Gasteiger charge is 2.39. The highest BCUT2D eigenvalue weighted by atomic mass is 35.5. The van der Waals surface area contributed by atoms with Gasteiger partial charge in [-0.2, -0.15) is 0 Å². The third kappa shape index (κ3) is 35.0. The van der Waals surface area contributed by atoms with E-state index in [0.29, 0.717) is 0 Å². The Morgan fingerprint density at radius 1 is 0.339 bits per heavy atom. The van der Waals surface area contributed by atoms with Crippen LogP contribution in [0, 0.1) is 0 Å². The predicted molar refractivity (Wildman–Crippen MR) is 270 cm³/mol. The fourth-order valence-electron chi connectivity index (χ4n) is 8.09. The van der Waals surface area contributed by atoms with Crippen molar-refractivity contribution in [2.75, 3.05) is 78.5 Å². The van der Waals surface area contributed by atoms with E-state index < -0.39 is 19.0 Å². The van der Waals surface area contributed by atoms with Gasteiger partial charge in [0.15, 0.2) is 7.60 Å². The van der Waals surface area contributed by atoms with E-state index in [9.17, 15) is 23.8 Å². The minimum Gasteiger partial charge on any atom is -0.808 e. The molecule has 0 aromatic carbocycles. The quantitative estimate of drug-likeness (QED) is 0.0373. The molecule has 1 unspecified atom stereocenters. The second-order valence-corrected chi connectivity index (χ2v) is 24.6. The van der Waals surface area contributed by atoms with Gasteiger partial charge in [0.05, 0.1) is 78.5 Å². The van der Waals surface area contributed by atoms with E-state index in [-0.39, 0.29) is 0 Å². The van der Waals surface area contributed by atoms with E-state index >= 15 is 0 Å². The van der Waals surface area contributed by atoms with Crippen LogP contribution in [0.4, 0.5) is 0 Å². The minimum absolute atomic E-state index is 1.35. The highest BCUT2D eigenvalue weighted by Crippen LogP contribution is 2.68. The molecule has 0 aromatic rings. The van der Waals surface area contributed by atoms with E-state index in [2.05, 4.69) is 106 Å². The molecule has 0 bridgehead atoms. The maximum Gasteiger partial charge on any atom is 0.206 e. The predicted octanol–water partition coefficient (Wildman–Crippen LogP) is 13.5. The molecule has 0 spiro atoms. The van der Waals surface area contributed by atoms with Crippen LogP contribution in [0.2, 0.25) is 0 Å². The number of nitrogens with zero attached hydrogens (tertiary/aromatic N) is 3. The Bertz CT molecular complexity index is 825. The lowest BCUT2D eigenvalue weighted by molar-refractivity contribution is -0.929. The summed E-state index contributed by atoms with van der Waals surface area (Å²) >= 11 is 9.08. The van der Waals surface area contributed by atoms with Crippen molar-refractivity contribution in [3.63, 3.8) is 0 Å². The van der Waals surface area contributed by atoms with Crippen molar-refractivity contribution in [1.82, 2.24) is 0 Å². The van der Waals surface area contributed by atoms with E-state index in [1.165, 1.54) is 246 Å². The molecule has 0 rings (SSSR count). The molecule has 0 aliphatic heterocycles.